The first-order chi connectivity index (χ1) is 12.4. The Labute approximate surface area is 156 Å². The van der Waals surface area contributed by atoms with Crippen molar-refractivity contribution >= 4 is 20.0 Å². The number of piperidine rings is 1. The molecule has 0 aromatic heterocycles. The molecule has 9 heteroatoms. The van der Waals surface area contributed by atoms with E-state index in [1.807, 2.05) is 0 Å². The Morgan fingerprint density at radius 2 is 1.12 bits per heavy atom. The monoisotopic (exact) mass is 401 g/mol. The zero-order valence-electron chi connectivity index (χ0n) is 15.2. The fraction of sp³-hybridized carbons (Fsp3) is 0.647. The van der Waals surface area contributed by atoms with Crippen LogP contribution in [0.3, 0.4) is 0 Å². The van der Waals surface area contributed by atoms with Gasteiger partial charge in [0.2, 0.25) is 20.0 Å². The molecule has 0 spiro atoms. The summed E-state index contributed by atoms with van der Waals surface area (Å²) < 4.78 is 53.9. The Hall–Kier alpha value is -1.00. The molecule has 146 valence electrons. The standard InChI is InChI=1S/C17H27N3O4S2/c1-2-18-12-14-20(15-13-18)26(23,24)17-8-6-16(7-9-17)25(21,22)19-10-4-3-5-11-19/h6-9H,2-5,10-15H2,1H3. The van der Waals surface area contributed by atoms with Crippen LogP contribution in [0, 0.1) is 0 Å². The van der Waals surface area contributed by atoms with Gasteiger partial charge in [0.1, 0.15) is 0 Å². The molecule has 0 radical (unpaired) electrons. The first-order valence-electron chi connectivity index (χ1n) is 9.18. The predicted octanol–water partition coefficient (Wildman–Crippen LogP) is 1.19. The molecule has 7 nitrogen and oxygen atoms in total. The average molecular weight is 402 g/mol. The quantitative estimate of drug-likeness (QED) is 0.741. The summed E-state index contributed by atoms with van der Waals surface area (Å²) in [6.45, 7) is 6.40. The number of likely N-dealkylation sites (N-methyl/N-ethyl adjacent to an activating group) is 1. The largest absolute Gasteiger partial charge is 0.301 e. The maximum Gasteiger partial charge on any atom is 0.243 e. The van der Waals surface area contributed by atoms with Crippen LogP contribution in [0.2, 0.25) is 0 Å². The highest BCUT2D eigenvalue weighted by molar-refractivity contribution is 7.89. The molecule has 0 atom stereocenters. The van der Waals surface area contributed by atoms with E-state index < -0.39 is 20.0 Å². The van der Waals surface area contributed by atoms with Crippen LogP contribution in [-0.2, 0) is 20.0 Å². The van der Waals surface area contributed by atoms with Crippen molar-refractivity contribution in [2.45, 2.75) is 36.0 Å². The minimum absolute atomic E-state index is 0.153. The van der Waals surface area contributed by atoms with Crippen molar-refractivity contribution < 1.29 is 16.8 Å². The summed E-state index contributed by atoms with van der Waals surface area (Å²) in [4.78, 5) is 2.52. The molecule has 0 aliphatic carbocycles. The molecule has 0 bridgehead atoms. The first-order valence-corrected chi connectivity index (χ1v) is 12.1. The van der Waals surface area contributed by atoms with E-state index in [9.17, 15) is 16.8 Å². The zero-order valence-corrected chi connectivity index (χ0v) is 16.8. The van der Waals surface area contributed by atoms with Crippen molar-refractivity contribution in [3.8, 4) is 0 Å². The second kappa shape index (κ2) is 7.93. The highest BCUT2D eigenvalue weighted by Crippen LogP contribution is 2.23. The summed E-state index contributed by atoms with van der Waals surface area (Å²) in [6, 6.07) is 5.66. The van der Waals surface area contributed by atoms with E-state index in [4.69, 9.17) is 0 Å². The molecule has 2 aliphatic heterocycles. The van der Waals surface area contributed by atoms with Crippen LogP contribution in [0.15, 0.2) is 34.1 Å². The maximum absolute atomic E-state index is 12.8. The fourth-order valence-electron chi connectivity index (χ4n) is 3.47. The molecule has 2 fully saturated rings. The lowest BCUT2D eigenvalue weighted by molar-refractivity contribution is 0.196. The Balaban J connectivity index is 1.76. The zero-order chi connectivity index (χ0) is 18.8. The van der Waals surface area contributed by atoms with Gasteiger partial charge in [-0.05, 0) is 43.7 Å². The van der Waals surface area contributed by atoms with Crippen LogP contribution in [0.25, 0.3) is 0 Å². The van der Waals surface area contributed by atoms with Gasteiger partial charge in [0.05, 0.1) is 9.79 Å². The number of nitrogens with zero attached hydrogens (tertiary/aromatic N) is 3. The number of hydrogen-bond donors (Lipinski definition) is 0. The molecule has 0 unspecified atom stereocenters. The Morgan fingerprint density at radius 3 is 1.54 bits per heavy atom. The topological polar surface area (TPSA) is 78.0 Å². The second-order valence-electron chi connectivity index (χ2n) is 6.77. The minimum atomic E-state index is -3.58. The Morgan fingerprint density at radius 1 is 0.692 bits per heavy atom. The van der Waals surface area contributed by atoms with Crippen LogP contribution in [-0.4, -0.2) is 76.2 Å². The average Bonchev–Trinajstić information content (AvgIpc) is 2.69. The van der Waals surface area contributed by atoms with Gasteiger partial charge in [-0.3, -0.25) is 0 Å². The Bertz CT molecular complexity index is 808. The van der Waals surface area contributed by atoms with E-state index in [1.54, 1.807) is 0 Å². The van der Waals surface area contributed by atoms with E-state index in [-0.39, 0.29) is 9.79 Å². The van der Waals surface area contributed by atoms with E-state index in [2.05, 4.69) is 11.8 Å². The molecule has 3 rings (SSSR count). The molecule has 1 aromatic carbocycles. The van der Waals surface area contributed by atoms with Gasteiger partial charge >= 0.3 is 0 Å². The highest BCUT2D eigenvalue weighted by Gasteiger charge is 2.30. The first kappa shape index (κ1) is 19.8. The van der Waals surface area contributed by atoms with Crippen LogP contribution >= 0.6 is 0 Å². The molecule has 0 saturated carbocycles. The highest BCUT2D eigenvalue weighted by atomic mass is 32.2. The van der Waals surface area contributed by atoms with Gasteiger partial charge in [0, 0.05) is 39.3 Å². The second-order valence-corrected chi connectivity index (χ2v) is 10.7. The summed E-state index contributed by atoms with van der Waals surface area (Å²) in [5, 5.41) is 0. The summed E-state index contributed by atoms with van der Waals surface area (Å²) >= 11 is 0. The van der Waals surface area contributed by atoms with Gasteiger partial charge < -0.3 is 4.90 Å². The van der Waals surface area contributed by atoms with Gasteiger partial charge in [0.15, 0.2) is 0 Å². The van der Waals surface area contributed by atoms with Crippen molar-refractivity contribution in [3.63, 3.8) is 0 Å². The van der Waals surface area contributed by atoms with Crippen LogP contribution in [0.5, 0.6) is 0 Å². The van der Waals surface area contributed by atoms with Gasteiger partial charge in [-0.15, -0.1) is 0 Å². The van der Waals surface area contributed by atoms with E-state index in [0.29, 0.717) is 26.2 Å². The summed E-state index contributed by atoms with van der Waals surface area (Å²) in [7, 11) is -7.12. The summed E-state index contributed by atoms with van der Waals surface area (Å²) in [6.07, 6.45) is 2.79. The number of piperazine rings is 1. The predicted molar refractivity (Wildman–Crippen MR) is 99.9 cm³/mol. The van der Waals surface area contributed by atoms with Crippen molar-refractivity contribution in [2.24, 2.45) is 0 Å². The smallest absolute Gasteiger partial charge is 0.243 e. The molecule has 2 heterocycles. The molecule has 0 N–H and O–H groups in total. The lowest BCUT2D eigenvalue weighted by Crippen LogP contribution is -2.48. The van der Waals surface area contributed by atoms with Crippen LogP contribution in [0.1, 0.15) is 26.2 Å². The summed E-state index contributed by atoms with van der Waals surface area (Å²) in [5.74, 6) is 0. The lowest BCUT2D eigenvalue weighted by Gasteiger charge is -2.33. The minimum Gasteiger partial charge on any atom is -0.301 e. The third kappa shape index (κ3) is 3.96. The number of sulfonamides is 2. The maximum atomic E-state index is 12.8. The lowest BCUT2D eigenvalue weighted by atomic mass is 10.2. The Kier molecular flexibility index (Phi) is 6.03. The molecule has 26 heavy (non-hydrogen) atoms. The van der Waals surface area contributed by atoms with Crippen LogP contribution < -0.4 is 0 Å². The van der Waals surface area contributed by atoms with Crippen molar-refractivity contribution in [2.75, 3.05) is 45.8 Å². The van der Waals surface area contributed by atoms with Gasteiger partial charge in [-0.25, -0.2) is 16.8 Å². The van der Waals surface area contributed by atoms with Gasteiger partial charge in [0.25, 0.3) is 0 Å². The molecule has 2 saturated heterocycles. The fourth-order valence-corrected chi connectivity index (χ4v) is 6.41. The number of benzene rings is 1. The SMILES string of the molecule is CCN1CCN(S(=O)(=O)c2ccc(S(=O)(=O)N3CCCCC3)cc2)CC1. The summed E-state index contributed by atoms with van der Waals surface area (Å²) in [5.41, 5.74) is 0. The number of rotatable bonds is 5. The third-order valence-electron chi connectivity index (χ3n) is 5.19. The van der Waals surface area contributed by atoms with Gasteiger partial charge in [-0.1, -0.05) is 13.3 Å². The van der Waals surface area contributed by atoms with Crippen LogP contribution in [0.4, 0.5) is 0 Å². The molecule has 1 aromatic rings. The van der Waals surface area contributed by atoms with E-state index >= 15 is 0 Å². The van der Waals surface area contributed by atoms with Crippen molar-refractivity contribution in [3.05, 3.63) is 24.3 Å². The van der Waals surface area contributed by atoms with Gasteiger partial charge in [-0.2, -0.15) is 8.61 Å². The number of hydrogen-bond acceptors (Lipinski definition) is 5. The molecule has 0 amide bonds. The molecular weight excluding hydrogens is 374 g/mol. The molecule has 2 aliphatic rings. The van der Waals surface area contributed by atoms with E-state index in [1.165, 1.54) is 32.9 Å². The van der Waals surface area contributed by atoms with Crippen molar-refractivity contribution in [1.29, 1.82) is 0 Å². The third-order valence-corrected chi connectivity index (χ3v) is 9.02. The van der Waals surface area contributed by atoms with Crippen molar-refractivity contribution in [1.82, 2.24) is 13.5 Å². The normalized spacial score (nSPS) is 21.7. The molecular formula is C17H27N3O4S2. The van der Waals surface area contributed by atoms with E-state index in [0.717, 1.165) is 38.9 Å².